The molecule has 0 radical (unpaired) electrons. The van der Waals surface area contributed by atoms with Gasteiger partial charge in [0.15, 0.2) is 5.75 Å². The Morgan fingerprint density at radius 3 is 2.25 bits per heavy atom. The molecular weight excluding hydrogens is 325 g/mol. The molecule has 112 valence electrons. The van der Waals surface area contributed by atoms with Gasteiger partial charge in [0, 0.05) is 5.02 Å². The number of benzene rings is 1. The highest BCUT2D eigenvalue weighted by molar-refractivity contribution is 6.40. The number of hydrogen-bond acceptors (Lipinski definition) is 3. The highest BCUT2D eigenvalue weighted by atomic mass is 35.5. The smallest absolute Gasteiger partial charge is 0.407 e. The third-order valence-electron chi connectivity index (χ3n) is 1.98. The van der Waals surface area contributed by atoms with E-state index in [0.29, 0.717) is 20.8 Å². The van der Waals surface area contributed by atoms with Crippen molar-refractivity contribution < 1.29 is 14.3 Å². The van der Waals surface area contributed by atoms with Gasteiger partial charge in [-0.1, -0.05) is 34.8 Å². The van der Waals surface area contributed by atoms with Gasteiger partial charge < -0.3 is 14.8 Å². The number of halogens is 3. The van der Waals surface area contributed by atoms with Crippen LogP contribution >= 0.6 is 34.8 Å². The molecule has 1 amide bonds. The van der Waals surface area contributed by atoms with E-state index in [4.69, 9.17) is 44.3 Å². The lowest BCUT2D eigenvalue weighted by Gasteiger charge is -2.19. The minimum absolute atomic E-state index is 0.209. The lowest BCUT2D eigenvalue weighted by molar-refractivity contribution is 0.0520. The molecule has 0 saturated carbocycles. The summed E-state index contributed by atoms with van der Waals surface area (Å²) in [6.45, 7) is 5.84. The highest BCUT2D eigenvalue weighted by Gasteiger charge is 2.15. The largest absolute Gasteiger partial charge is 0.489 e. The first-order chi connectivity index (χ1) is 9.19. The molecule has 20 heavy (non-hydrogen) atoms. The fraction of sp³-hybridized carbons (Fsp3) is 0.462. The van der Waals surface area contributed by atoms with Crippen molar-refractivity contribution in [1.82, 2.24) is 5.32 Å². The molecule has 0 aliphatic heterocycles. The molecule has 0 spiro atoms. The van der Waals surface area contributed by atoms with Crippen LogP contribution in [0.5, 0.6) is 5.75 Å². The first-order valence-electron chi connectivity index (χ1n) is 5.93. The summed E-state index contributed by atoms with van der Waals surface area (Å²) in [5.74, 6) is 0.337. The number of hydrogen-bond donors (Lipinski definition) is 1. The molecule has 0 bridgehead atoms. The first-order valence-corrected chi connectivity index (χ1v) is 7.06. The quantitative estimate of drug-likeness (QED) is 0.818. The fourth-order valence-corrected chi connectivity index (χ4v) is 2.21. The maximum atomic E-state index is 11.4. The standard InChI is InChI=1S/C13H16Cl3NO3/c1-13(2,3)20-12(18)17-4-5-19-11-9(15)6-8(14)7-10(11)16/h6-7H,4-5H2,1-3H3,(H,17,18). The summed E-state index contributed by atoms with van der Waals surface area (Å²) in [5.41, 5.74) is -0.534. The summed E-state index contributed by atoms with van der Waals surface area (Å²) in [4.78, 5) is 11.4. The molecule has 1 aromatic carbocycles. The fourth-order valence-electron chi connectivity index (χ4n) is 1.29. The molecule has 4 nitrogen and oxygen atoms in total. The molecule has 0 heterocycles. The maximum Gasteiger partial charge on any atom is 0.407 e. The molecule has 0 fully saturated rings. The Hall–Kier alpha value is -0.840. The second kappa shape index (κ2) is 7.25. The summed E-state index contributed by atoms with van der Waals surface area (Å²) in [6, 6.07) is 3.07. The molecule has 1 N–H and O–H groups in total. The zero-order valence-corrected chi connectivity index (χ0v) is 13.7. The molecule has 0 aromatic heterocycles. The average molecular weight is 341 g/mol. The van der Waals surface area contributed by atoms with Crippen molar-refractivity contribution in [2.24, 2.45) is 0 Å². The summed E-state index contributed by atoms with van der Waals surface area (Å²) >= 11 is 17.7. The van der Waals surface area contributed by atoms with Gasteiger partial charge in [-0.05, 0) is 32.9 Å². The van der Waals surface area contributed by atoms with Gasteiger partial charge in [-0.2, -0.15) is 0 Å². The van der Waals surface area contributed by atoms with E-state index in [1.54, 1.807) is 20.8 Å². The van der Waals surface area contributed by atoms with Crippen molar-refractivity contribution in [2.75, 3.05) is 13.2 Å². The molecule has 0 aliphatic rings. The normalized spacial score (nSPS) is 11.1. The van der Waals surface area contributed by atoms with Crippen molar-refractivity contribution in [3.05, 3.63) is 27.2 Å². The third kappa shape index (κ3) is 6.07. The van der Waals surface area contributed by atoms with Crippen molar-refractivity contribution in [2.45, 2.75) is 26.4 Å². The number of amides is 1. The number of rotatable bonds is 4. The predicted octanol–water partition coefficient (Wildman–Crippen LogP) is 4.55. The van der Waals surface area contributed by atoms with E-state index in [2.05, 4.69) is 5.32 Å². The summed E-state index contributed by atoms with van der Waals surface area (Å²) in [5, 5.41) is 3.63. The molecule has 1 aromatic rings. The Labute approximate surface area is 133 Å². The van der Waals surface area contributed by atoms with Crippen LogP contribution in [0.15, 0.2) is 12.1 Å². The second-order valence-electron chi connectivity index (χ2n) is 4.98. The van der Waals surface area contributed by atoms with Crippen LogP contribution in [-0.4, -0.2) is 24.8 Å². The SMILES string of the molecule is CC(C)(C)OC(=O)NCCOc1c(Cl)cc(Cl)cc1Cl. The summed E-state index contributed by atoms with van der Waals surface area (Å²) in [6.07, 6.45) is -0.505. The van der Waals surface area contributed by atoms with Crippen LogP contribution in [0.4, 0.5) is 4.79 Å². The van der Waals surface area contributed by atoms with E-state index in [9.17, 15) is 4.79 Å². The van der Waals surface area contributed by atoms with E-state index in [1.807, 2.05) is 0 Å². The minimum atomic E-state index is -0.534. The van der Waals surface area contributed by atoms with Gasteiger partial charge in [-0.25, -0.2) is 4.79 Å². The molecular formula is C13H16Cl3NO3. The van der Waals surface area contributed by atoms with Gasteiger partial charge in [0.1, 0.15) is 12.2 Å². The maximum absolute atomic E-state index is 11.4. The number of alkyl carbamates (subject to hydrolysis) is 1. The van der Waals surface area contributed by atoms with Gasteiger partial charge in [0.2, 0.25) is 0 Å². The highest BCUT2D eigenvalue weighted by Crippen LogP contribution is 2.35. The van der Waals surface area contributed by atoms with E-state index in [0.717, 1.165) is 0 Å². The van der Waals surface area contributed by atoms with E-state index in [1.165, 1.54) is 12.1 Å². The Kier molecular flexibility index (Phi) is 6.24. The number of carbonyl (C=O) groups excluding carboxylic acids is 1. The molecule has 0 atom stereocenters. The van der Waals surface area contributed by atoms with Gasteiger partial charge in [0.25, 0.3) is 0 Å². The molecule has 1 rings (SSSR count). The van der Waals surface area contributed by atoms with Crippen molar-refractivity contribution in [1.29, 1.82) is 0 Å². The monoisotopic (exact) mass is 339 g/mol. The first kappa shape index (κ1) is 17.2. The van der Waals surface area contributed by atoms with Crippen molar-refractivity contribution in [3.63, 3.8) is 0 Å². The third-order valence-corrected chi connectivity index (χ3v) is 2.76. The summed E-state index contributed by atoms with van der Waals surface area (Å²) in [7, 11) is 0. The van der Waals surface area contributed by atoms with Gasteiger partial charge >= 0.3 is 6.09 Å². The van der Waals surface area contributed by atoms with E-state index < -0.39 is 11.7 Å². The zero-order valence-electron chi connectivity index (χ0n) is 11.4. The number of carbonyl (C=O) groups is 1. The van der Waals surface area contributed by atoms with Gasteiger partial charge in [-0.3, -0.25) is 0 Å². The summed E-state index contributed by atoms with van der Waals surface area (Å²) < 4.78 is 10.5. The van der Waals surface area contributed by atoms with Crippen LogP contribution in [0.3, 0.4) is 0 Å². The van der Waals surface area contributed by atoms with Crippen LogP contribution in [-0.2, 0) is 4.74 Å². The lowest BCUT2D eigenvalue weighted by atomic mass is 10.2. The Morgan fingerprint density at radius 1 is 1.20 bits per heavy atom. The lowest BCUT2D eigenvalue weighted by Crippen LogP contribution is -2.34. The average Bonchev–Trinajstić information content (AvgIpc) is 2.23. The number of nitrogens with one attached hydrogen (secondary N) is 1. The topological polar surface area (TPSA) is 47.6 Å². The predicted molar refractivity (Wildman–Crippen MR) is 81.2 cm³/mol. The van der Waals surface area contributed by atoms with Crippen LogP contribution in [0, 0.1) is 0 Å². The Bertz CT molecular complexity index is 463. The number of ether oxygens (including phenoxy) is 2. The van der Waals surface area contributed by atoms with Crippen LogP contribution in [0.2, 0.25) is 15.1 Å². The van der Waals surface area contributed by atoms with Crippen LogP contribution in [0.25, 0.3) is 0 Å². The van der Waals surface area contributed by atoms with E-state index >= 15 is 0 Å². The van der Waals surface area contributed by atoms with E-state index in [-0.39, 0.29) is 13.2 Å². The van der Waals surface area contributed by atoms with Gasteiger partial charge in [0.05, 0.1) is 16.6 Å². The van der Waals surface area contributed by atoms with Crippen LogP contribution in [0.1, 0.15) is 20.8 Å². The van der Waals surface area contributed by atoms with Crippen molar-refractivity contribution in [3.8, 4) is 5.75 Å². The Balaban J connectivity index is 2.41. The molecule has 0 saturated heterocycles. The van der Waals surface area contributed by atoms with Gasteiger partial charge in [-0.15, -0.1) is 0 Å². The molecule has 7 heteroatoms. The molecule has 0 unspecified atom stereocenters. The zero-order chi connectivity index (χ0) is 15.3. The van der Waals surface area contributed by atoms with Crippen LogP contribution < -0.4 is 10.1 Å². The second-order valence-corrected chi connectivity index (χ2v) is 6.23. The Morgan fingerprint density at radius 2 is 1.75 bits per heavy atom. The molecule has 0 aliphatic carbocycles. The van der Waals surface area contributed by atoms with Crippen molar-refractivity contribution >= 4 is 40.9 Å². The minimum Gasteiger partial charge on any atom is -0.489 e.